The fraction of sp³-hybridized carbons (Fsp3) is 0.471. The standard InChI is InChI=1S/C17H23N3/c1-13-6-7-15-16(8-9-19-17(15)12-13)20-11-10-18-14-4-2-3-5-14/h6-9,12,14,18H,2-5,10-11H2,1H3,(H,19,20). The van der Waals surface area contributed by atoms with Gasteiger partial charge in [-0.25, -0.2) is 0 Å². The number of anilines is 1. The maximum absolute atomic E-state index is 4.44. The SMILES string of the molecule is Cc1ccc2c(NCCNC3CCCC3)ccnc2c1. The van der Waals surface area contributed by atoms with Crippen molar-refractivity contribution in [3.63, 3.8) is 0 Å². The molecular weight excluding hydrogens is 246 g/mol. The van der Waals surface area contributed by atoms with Crippen molar-refractivity contribution in [2.24, 2.45) is 0 Å². The third-order valence-corrected chi connectivity index (χ3v) is 4.13. The molecule has 0 bridgehead atoms. The van der Waals surface area contributed by atoms with E-state index in [9.17, 15) is 0 Å². The third kappa shape index (κ3) is 3.10. The molecule has 1 saturated carbocycles. The van der Waals surface area contributed by atoms with Crippen LogP contribution in [0.2, 0.25) is 0 Å². The van der Waals surface area contributed by atoms with Gasteiger partial charge in [-0.2, -0.15) is 0 Å². The fourth-order valence-electron chi connectivity index (χ4n) is 3.02. The first-order chi connectivity index (χ1) is 9.83. The topological polar surface area (TPSA) is 37.0 Å². The molecule has 0 aliphatic heterocycles. The van der Waals surface area contributed by atoms with E-state index in [0.29, 0.717) is 0 Å². The molecule has 0 radical (unpaired) electrons. The molecule has 0 atom stereocenters. The summed E-state index contributed by atoms with van der Waals surface area (Å²) in [5.74, 6) is 0. The second-order valence-electron chi connectivity index (χ2n) is 5.74. The Morgan fingerprint density at radius 1 is 1.15 bits per heavy atom. The second-order valence-corrected chi connectivity index (χ2v) is 5.74. The molecule has 0 amide bonds. The average Bonchev–Trinajstić information content (AvgIpc) is 2.96. The van der Waals surface area contributed by atoms with Gasteiger partial charge in [0.1, 0.15) is 0 Å². The maximum Gasteiger partial charge on any atom is 0.0725 e. The van der Waals surface area contributed by atoms with E-state index in [0.717, 1.165) is 24.6 Å². The summed E-state index contributed by atoms with van der Waals surface area (Å²) in [6.45, 7) is 4.09. The molecule has 2 N–H and O–H groups in total. The highest BCUT2D eigenvalue weighted by molar-refractivity contribution is 5.91. The Balaban J connectivity index is 1.59. The lowest BCUT2D eigenvalue weighted by Crippen LogP contribution is -2.30. The minimum atomic E-state index is 0.744. The smallest absolute Gasteiger partial charge is 0.0725 e. The van der Waals surface area contributed by atoms with Crippen LogP contribution < -0.4 is 10.6 Å². The first-order valence-electron chi connectivity index (χ1n) is 7.65. The Morgan fingerprint density at radius 3 is 2.85 bits per heavy atom. The van der Waals surface area contributed by atoms with Gasteiger partial charge in [0.15, 0.2) is 0 Å². The molecule has 3 nitrogen and oxygen atoms in total. The molecule has 0 unspecified atom stereocenters. The van der Waals surface area contributed by atoms with Crippen LogP contribution in [0, 0.1) is 6.92 Å². The number of rotatable bonds is 5. The van der Waals surface area contributed by atoms with Crippen LogP contribution in [0.5, 0.6) is 0 Å². The van der Waals surface area contributed by atoms with Crippen LogP contribution in [0.4, 0.5) is 5.69 Å². The molecule has 0 spiro atoms. The van der Waals surface area contributed by atoms with Gasteiger partial charge in [0.05, 0.1) is 5.52 Å². The summed E-state index contributed by atoms with van der Waals surface area (Å²) in [4.78, 5) is 4.44. The predicted molar refractivity (Wildman–Crippen MR) is 85.2 cm³/mol. The number of fused-ring (bicyclic) bond motifs is 1. The Labute approximate surface area is 120 Å². The molecule has 0 saturated heterocycles. The van der Waals surface area contributed by atoms with Crippen molar-refractivity contribution in [1.82, 2.24) is 10.3 Å². The number of benzene rings is 1. The van der Waals surface area contributed by atoms with Crippen LogP contribution in [0.25, 0.3) is 10.9 Å². The molecule has 2 aromatic rings. The van der Waals surface area contributed by atoms with Crippen molar-refractivity contribution in [2.75, 3.05) is 18.4 Å². The monoisotopic (exact) mass is 269 g/mol. The summed E-state index contributed by atoms with van der Waals surface area (Å²) < 4.78 is 0. The Kier molecular flexibility index (Phi) is 4.16. The van der Waals surface area contributed by atoms with Crippen LogP contribution in [-0.2, 0) is 0 Å². The summed E-state index contributed by atoms with van der Waals surface area (Å²) in [6.07, 6.45) is 7.35. The number of hydrogen-bond acceptors (Lipinski definition) is 3. The molecule has 1 fully saturated rings. The summed E-state index contributed by atoms with van der Waals surface area (Å²) in [6, 6.07) is 9.24. The van der Waals surface area contributed by atoms with Crippen molar-refractivity contribution in [3.8, 4) is 0 Å². The molecule has 106 valence electrons. The van der Waals surface area contributed by atoms with E-state index in [1.165, 1.54) is 42.3 Å². The van der Waals surface area contributed by atoms with Gasteiger partial charge in [0, 0.05) is 36.4 Å². The molecule has 1 heterocycles. The lowest BCUT2D eigenvalue weighted by atomic mass is 10.1. The summed E-state index contributed by atoms with van der Waals surface area (Å²) in [7, 11) is 0. The van der Waals surface area contributed by atoms with Gasteiger partial charge >= 0.3 is 0 Å². The Bertz CT molecular complexity index is 573. The molecule has 1 aromatic carbocycles. The average molecular weight is 269 g/mol. The van der Waals surface area contributed by atoms with Crippen LogP contribution >= 0.6 is 0 Å². The highest BCUT2D eigenvalue weighted by atomic mass is 15.0. The normalized spacial score (nSPS) is 15.8. The van der Waals surface area contributed by atoms with Crippen LogP contribution in [-0.4, -0.2) is 24.1 Å². The van der Waals surface area contributed by atoms with Gasteiger partial charge < -0.3 is 10.6 Å². The highest BCUT2D eigenvalue weighted by Crippen LogP contribution is 2.22. The lowest BCUT2D eigenvalue weighted by Gasteiger charge is -2.13. The zero-order valence-corrected chi connectivity index (χ0v) is 12.2. The van der Waals surface area contributed by atoms with Gasteiger partial charge in [0.2, 0.25) is 0 Å². The summed E-state index contributed by atoms with van der Waals surface area (Å²) in [5.41, 5.74) is 3.51. The number of nitrogens with zero attached hydrogens (tertiary/aromatic N) is 1. The largest absolute Gasteiger partial charge is 0.383 e. The minimum Gasteiger partial charge on any atom is -0.383 e. The van der Waals surface area contributed by atoms with E-state index < -0.39 is 0 Å². The molecule has 3 heteroatoms. The van der Waals surface area contributed by atoms with E-state index in [1.54, 1.807) is 0 Å². The maximum atomic E-state index is 4.44. The number of pyridine rings is 1. The first-order valence-corrected chi connectivity index (χ1v) is 7.65. The van der Waals surface area contributed by atoms with E-state index in [-0.39, 0.29) is 0 Å². The molecule has 20 heavy (non-hydrogen) atoms. The van der Waals surface area contributed by atoms with E-state index in [4.69, 9.17) is 0 Å². The van der Waals surface area contributed by atoms with Crippen LogP contribution in [0.15, 0.2) is 30.5 Å². The van der Waals surface area contributed by atoms with Gasteiger partial charge in [-0.3, -0.25) is 4.98 Å². The van der Waals surface area contributed by atoms with Gasteiger partial charge in [-0.1, -0.05) is 25.0 Å². The van der Waals surface area contributed by atoms with Crippen LogP contribution in [0.3, 0.4) is 0 Å². The van der Waals surface area contributed by atoms with Gasteiger partial charge in [0.25, 0.3) is 0 Å². The lowest BCUT2D eigenvalue weighted by molar-refractivity contribution is 0.536. The minimum absolute atomic E-state index is 0.744. The molecular formula is C17H23N3. The molecule has 1 aliphatic rings. The van der Waals surface area contributed by atoms with Crippen molar-refractivity contribution in [3.05, 3.63) is 36.0 Å². The van der Waals surface area contributed by atoms with Crippen LogP contribution in [0.1, 0.15) is 31.2 Å². The number of aryl methyl sites for hydroxylation is 1. The van der Waals surface area contributed by atoms with E-state index >= 15 is 0 Å². The highest BCUT2D eigenvalue weighted by Gasteiger charge is 2.13. The number of aromatic nitrogens is 1. The second kappa shape index (κ2) is 6.23. The molecule has 1 aliphatic carbocycles. The fourth-order valence-corrected chi connectivity index (χ4v) is 3.02. The van der Waals surface area contributed by atoms with Crippen molar-refractivity contribution in [1.29, 1.82) is 0 Å². The number of nitrogens with one attached hydrogen (secondary N) is 2. The van der Waals surface area contributed by atoms with E-state index in [1.807, 2.05) is 6.20 Å². The molecule has 3 rings (SSSR count). The summed E-state index contributed by atoms with van der Waals surface area (Å²) in [5, 5.41) is 8.37. The number of hydrogen-bond donors (Lipinski definition) is 2. The van der Waals surface area contributed by atoms with Crippen molar-refractivity contribution < 1.29 is 0 Å². The predicted octanol–water partition coefficient (Wildman–Crippen LogP) is 3.49. The Hall–Kier alpha value is -1.61. The van der Waals surface area contributed by atoms with Crippen molar-refractivity contribution >= 4 is 16.6 Å². The van der Waals surface area contributed by atoms with Gasteiger partial charge in [-0.05, 0) is 37.5 Å². The first kappa shape index (κ1) is 13.4. The summed E-state index contributed by atoms with van der Waals surface area (Å²) >= 11 is 0. The van der Waals surface area contributed by atoms with Crippen molar-refractivity contribution in [2.45, 2.75) is 38.6 Å². The zero-order valence-electron chi connectivity index (χ0n) is 12.2. The molecule has 1 aromatic heterocycles. The Morgan fingerprint density at radius 2 is 2.00 bits per heavy atom. The zero-order chi connectivity index (χ0) is 13.8. The quantitative estimate of drug-likeness (QED) is 0.816. The third-order valence-electron chi connectivity index (χ3n) is 4.13. The van der Waals surface area contributed by atoms with E-state index in [2.05, 4.69) is 46.8 Å². The van der Waals surface area contributed by atoms with Gasteiger partial charge in [-0.15, -0.1) is 0 Å².